The fourth-order valence-corrected chi connectivity index (χ4v) is 2.00. The third kappa shape index (κ3) is 3.78. The molecule has 0 unspecified atom stereocenters. The van der Waals surface area contributed by atoms with Gasteiger partial charge in [0.25, 0.3) is 0 Å². The maximum atomic E-state index is 12.7. The van der Waals surface area contributed by atoms with Crippen LogP contribution in [0.3, 0.4) is 0 Å². The van der Waals surface area contributed by atoms with Gasteiger partial charge >= 0.3 is 6.18 Å². The van der Waals surface area contributed by atoms with Gasteiger partial charge in [-0.1, -0.05) is 11.6 Å². The monoisotopic (exact) mass is 281 g/mol. The quantitative estimate of drug-likeness (QED) is 0.836. The minimum absolute atomic E-state index is 0.0185. The zero-order chi connectivity index (χ0) is 13.8. The summed E-state index contributed by atoms with van der Waals surface area (Å²) in [6.45, 7) is 0.509. The molecule has 0 aromatic heterocycles. The molecule has 1 aromatic carbocycles. The number of rotatable bonds is 5. The summed E-state index contributed by atoms with van der Waals surface area (Å²) in [6, 6.07) is 1.97. The molecule has 0 spiro atoms. The molecule has 102 valence electrons. The third-order valence-corrected chi connectivity index (χ3v) is 2.83. The van der Waals surface area contributed by atoms with Gasteiger partial charge in [-0.3, -0.25) is 0 Å². The van der Waals surface area contributed by atoms with Crippen LogP contribution in [0.25, 0.3) is 0 Å². The van der Waals surface area contributed by atoms with E-state index < -0.39 is 11.7 Å². The predicted molar refractivity (Wildman–Crippen MR) is 65.0 cm³/mol. The van der Waals surface area contributed by atoms with E-state index in [0.717, 1.165) is 18.6 Å². The lowest BCUT2D eigenvalue weighted by Gasteiger charge is -2.14. The van der Waals surface area contributed by atoms with Crippen LogP contribution in [0.5, 0.6) is 5.75 Å². The van der Waals surface area contributed by atoms with Crippen LogP contribution in [0.4, 0.5) is 13.2 Å². The van der Waals surface area contributed by atoms with E-state index in [0.29, 0.717) is 30.7 Å². The molecule has 0 aliphatic carbocycles. The lowest BCUT2D eigenvalue weighted by atomic mass is 10.0. The van der Waals surface area contributed by atoms with Crippen molar-refractivity contribution in [2.45, 2.75) is 25.4 Å². The van der Waals surface area contributed by atoms with E-state index in [1.54, 1.807) is 0 Å². The fraction of sp³-hybridized carbons (Fsp3) is 0.500. The van der Waals surface area contributed by atoms with E-state index in [9.17, 15) is 13.2 Å². The lowest BCUT2D eigenvalue weighted by Crippen LogP contribution is -2.07. The van der Waals surface area contributed by atoms with Crippen LogP contribution in [-0.4, -0.2) is 13.7 Å². The second-order valence-corrected chi connectivity index (χ2v) is 4.30. The van der Waals surface area contributed by atoms with E-state index in [2.05, 4.69) is 0 Å². The second kappa shape index (κ2) is 6.29. The largest absolute Gasteiger partial charge is 0.495 e. The van der Waals surface area contributed by atoms with Gasteiger partial charge in [0.15, 0.2) is 0 Å². The number of alkyl halides is 3. The number of methoxy groups -OCH3 is 1. The summed E-state index contributed by atoms with van der Waals surface area (Å²) in [5, 5.41) is -0.0185. The normalized spacial score (nSPS) is 11.7. The van der Waals surface area contributed by atoms with Gasteiger partial charge in [0.2, 0.25) is 0 Å². The van der Waals surface area contributed by atoms with Crippen LogP contribution >= 0.6 is 11.6 Å². The molecule has 0 amide bonds. The SMILES string of the molecule is COc1c(Cl)cc(C(F)(F)F)cc1CCCCN. The first-order chi connectivity index (χ1) is 8.40. The maximum absolute atomic E-state index is 12.7. The molecule has 2 N–H and O–H groups in total. The highest BCUT2D eigenvalue weighted by Crippen LogP contribution is 2.37. The molecule has 2 nitrogen and oxygen atoms in total. The Morgan fingerprint density at radius 3 is 2.44 bits per heavy atom. The summed E-state index contributed by atoms with van der Waals surface area (Å²) >= 11 is 5.80. The highest BCUT2D eigenvalue weighted by atomic mass is 35.5. The summed E-state index contributed by atoms with van der Waals surface area (Å²) in [4.78, 5) is 0. The number of hydrogen-bond donors (Lipinski definition) is 1. The Morgan fingerprint density at radius 2 is 1.94 bits per heavy atom. The number of ether oxygens (including phenoxy) is 1. The molecule has 6 heteroatoms. The van der Waals surface area contributed by atoms with Crippen molar-refractivity contribution in [3.8, 4) is 5.75 Å². The van der Waals surface area contributed by atoms with Crippen LogP contribution in [0, 0.1) is 0 Å². The van der Waals surface area contributed by atoms with Gasteiger partial charge < -0.3 is 10.5 Å². The number of nitrogens with two attached hydrogens (primary N) is 1. The van der Waals surface area contributed by atoms with Crippen molar-refractivity contribution >= 4 is 11.6 Å². The molecule has 18 heavy (non-hydrogen) atoms. The van der Waals surface area contributed by atoms with Crippen molar-refractivity contribution in [1.82, 2.24) is 0 Å². The molecular formula is C12H15ClF3NO. The van der Waals surface area contributed by atoms with Gasteiger partial charge in [-0.05, 0) is 43.5 Å². The molecule has 1 rings (SSSR count). The molecular weight excluding hydrogens is 267 g/mol. The molecule has 0 fully saturated rings. The van der Waals surface area contributed by atoms with Crippen LogP contribution in [-0.2, 0) is 12.6 Å². The Labute approximate surface area is 109 Å². The van der Waals surface area contributed by atoms with Crippen LogP contribution in [0.15, 0.2) is 12.1 Å². The van der Waals surface area contributed by atoms with Crippen molar-refractivity contribution in [3.05, 3.63) is 28.3 Å². The Bertz CT molecular complexity index is 407. The van der Waals surface area contributed by atoms with Crippen molar-refractivity contribution in [2.24, 2.45) is 5.73 Å². The number of unbranched alkanes of at least 4 members (excludes halogenated alkanes) is 1. The molecule has 0 bridgehead atoms. The van der Waals surface area contributed by atoms with Gasteiger partial charge in [0.1, 0.15) is 5.75 Å². The van der Waals surface area contributed by atoms with Gasteiger partial charge in [0, 0.05) is 0 Å². The minimum Gasteiger partial charge on any atom is -0.495 e. The van der Waals surface area contributed by atoms with Crippen molar-refractivity contribution in [1.29, 1.82) is 0 Å². The Kier molecular flexibility index (Phi) is 5.28. The van der Waals surface area contributed by atoms with E-state index in [-0.39, 0.29) is 5.02 Å². The van der Waals surface area contributed by atoms with Gasteiger partial charge in [-0.15, -0.1) is 0 Å². The van der Waals surface area contributed by atoms with E-state index in [4.69, 9.17) is 22.1 Å². The first-order valence-electron chi connectivity index (χ1n) is 5.53. The average molecular weight is 282 g/mol. The van der Waals surface area contributed by atoms with E-state index >= 15 is 0 Å². The average Bonchev–Trinajstić information content (AvgIpc) is 2.27. The van der Waals surface area contributed by atoms with Gasteiger partial charge in [-0.25, -0.2) is 0 Å². The van der Waals surface area contributed by atoms with Gasteiger partial charge in [-0.2, -0.15) is 13.2 Å². The molecule has 0 heterocycles. The molecule has 0 aliphatic rings. The Morgan fingerprint density at radius 1 is 1.28 bits per heavy atom. The smallest absolute Gasteiger partial charge is 0.416 e. The summed E-state index contributed by atoms with van der Waals surface area (Å²) in [5.41, 5.74) is 5.06. The van der Waals surface area contributed by atoms with E-state index in [1.165, 1.54) is 7.11 Å². The number of halogens is 4. The van der Waals surface area contributed by atoms with Crippen LogP contribution in [0.1, 0.15) is 24.0 Å². The lowest BCUT2D eigenvalue weighted by molar-refractivity contribution is -0.137. The van der Waals surface area contributed by atoms with Crippen LogP contribution < -0.4 is 10.5 Å². The summed E-state index contributed by atoms with van der Waals surface area (Å²) in [6.07, 6.45) is -2.50. The molecule has 0 saturated heterocycles. The van der Waals surface area contributed by atoms with E-state index in [1.807, 2.05) is 0 Å². The fourth-order valence-electron chi connectivity index (χ4n) is 1.69. The van der Waals surface area contributed by atoms with Crippen molar-refractivity contribution < 1.29 is 17.9 Å². The second-order valence-electron chi connectivity index (χ2n) is 3.89. The third-order valence-electron chi connectivity index (χ3n) is 2.55. The topological polar surface area (TPSA) is 35.2 Å². The Hall–Kier alpha value is -0.940. The molecule has 0 aliphatic heterocycles. The number of aryl methyl sites for hydroxylation is 1. The summed E-state index contributed by atoms with van der Waals surface area (Å²) in [7, 11) is 1.39. The highest BCUT2D eigenvalue weighted by molar-refractivity contribution is 6.32. The zero-order valence-electron chi connectivity index (χ0n) is 9.98. The molecule has 0 atom stereocenters. The standard InChI is InChI=1S/C12H15ClF3NO/c1-18-11-8(4-2-3-5-17)6-9(7-10(11)13)12(14,15)16/h6-7H,2-5,17H2,1H3. The van der Waals surface area contributed by atoms with Crippen molar-refractivity contribution in [2.75, 3.05) is 13.7 Å². The summed E-state index contributed by atoms with van der Waals surface area (Å²) in [5.74, 6) is 0.307. The minimum atomic E-state index is -4.40. The van der Waals surface area contributed by atoms with Crippen molar-refractivity contribution in [3.63, 3.8) is 0 Å². The maximum Gasteiger partial charge on any atom is 0.416 e. The molecule has 0 radical (unpaired) electrons. The molecule has 1 aromatic rings. The molecule has 0 saturated carbocycles. The number of benzene rings is 1. The zero-order valence-corrected chi connectivity index (χ0v) is 10.7. The highest BCUT2D eigenvalue weighted by Gasteiger charge is 2.32. The van der Waals surface area contributed by atoms with Crippen LogP contribution in [0.2, 0.25) is 5.02 Å². The predicted octanol–water partition coefficient (Wildman–Crippen LogP) is 3.65. The first kappa shape index (κ1) is 15.1. The summed E-state index contributed by atoms with van der Waals surface area (Å²) < 4.78 is 43.0. The number of hydrogen-bond acceptors (Lipinski definition) is 2. The van der Waals surface area contributed by atoms with Gasteiger partial charge in [0.05, 0.1) is 17.7 Å². The first-order valence-corrected chi connectivity index (χ1v) is 5.91. The Balaban J connectivity index is 3.07.